The molecule has 0 radical (unpaired) electrons. The highest BCUT2D eigenvalue weighted by Crippen LogP contribution is 2.19. The SMILES string of the molecule is CCC(C)[C@H](NC(=O)c1cccn1CC(F)(F)F)C(=O)O. The maximum absolute atomic E-state index is 12.4. The van der Waals surface area contributed by atoms with Crippen molar-refractivity contribution in [2.45, 2.75) is 39.0 Å². The van der Waals surface area contributed by atoms with Gasteiger partial charge in [-0.25, -0.2) is 4.79 Å². The van der Waals surface area contributed by atoms with E-state index in [-0.39, 0.29) is 11.6 Å². The van der Waals surface area contributed by atoms with E-state index >= 15 is 0 Å². The van der Waals surface area contributed by atoms with Crippen LogP contribution in [0, 0.1) is 5.92 Å². The zero-order valence-electron chi connectivity index (χ0n) is 11.6. The summed E-state index contributed by atoms with van der Waals surface area (Å²) in [6.07, 6.45) is -2.82. The molecule has 0 saturated heterocycles. The molecular weight excluding hydrogens is 289 g/mol. The Balaban J connectivity index is 2.89. The van der Waals surface area contributed by atoms with Crippen LogP contribution in [0.3, 0.4) is 0 Å². The lowest BCUT2D eigenvalue weighted by Gasteiger charge is -2.20. The summed E-state index contributed by atoms with van der Waals surface area (Å²) in [5.41, 5.74) is -0.220. The highest BCUT2D eigenvalue weighted by atomic mass is 19.4. The molecule has 118 valence electrons. The van der Waals surface area contributed by atoms with E-state index in [0.29, 0.717) is 6.42 Å². The van der Waals surface area contributed by atoms with E-state index in [1.54, 1.807) is 13.8 Å². The first-order valence-electron chi connectivity index (χ1n) is 6.41. The Morgan fingerprint density at radius 3 is 2.52 bits per heavy atom. The van der Waals surface area contributed by atoms with E-state index in [2.05, 4.69) is 5.32 Å². The Morgan fingerprint density at radius 2 is 2.05 bits per heavy atom. The Hall–Kier alpha value is -1.99. The molecule has 1 heterocycles. The molecule has 0 aliphatic carbocycles. The van der Waals surface area contributed by atoms with Gasteiger partial charge in [-0.05, 0) is 18.1 Å². The van der Waals surface area contributed by atoms with Crippen LogP contribution < -0.4 is 5.32 Å². The number of hydrogen-bond donors (Lipinski definition) is 2. The Morgan fingerprint density at radius 1 is 1.43 bits per heavy atom. The molecule has 0 spiro atoms. The lowest BCUT2D eigenvalue weighted by Crippen LogP contribution is -2.45. The summed E-state index contributed by atoms with van der Waals surface area (Å²) in [6, 6.07) is 1.38. The number of hydrogen-bond acceptors (Lipinski definition) is 2. The minimum Gasteiger partial charge on any atom is -0.480 e. The Kier molecular flexibility index (Phi) is 5.40. The number of aromatic nitrogens is 1. The third kappa shape index (κ3) is 4.80. The van der Waals surface area contributed by atoms with Gasteiger partial charge in [-0.15, -0.1) is 0 Å². The van der Waals surface area contributed by atoms with E-state index < -0.39 is 30.6 Å². The lowest BCUT2D eigenvalue weighted by molar-refractivity contribution is -0.142. The molecule has 1 aromatic rings. The fraction of sp³-hybridized carbons (Fsp3) is 0.538. The van der Waals surface area contributed by atoms with Gasteiger partial charge in [0.2, 0.25) is 0 Å². The molecule has 5 nitrogen and oxygen atoms in total. The summed E-state index contributed by atoms with van der Waals surface area (Å²) in [6.45, 7) is 2.11. The van der Waals surface area contributed by atoms with Crippen LogP contribution in [-0.4, -0.2) is 33.8 Å². The van der Waals surface area contributed by atoms with Gasteiger partial charge >= 0.3 is 12.1 Å². The lowest BCUT2D eigenvalue weighted by atomic mass is 9.99. The number of carboxylic acid groups (broad SMARTS) is 1. The van der Waals surface area contributed by atoms with E-state index in [1.807, 2.05) is 0 Å². The van der Waals surface area contributed by atoms with Crippen molar-refractivity contribution >= 4 is 11.9 Å². The monoisotopic (exact) mass is 306 g/mol. The van der Waals surface area contributed by atoms with Gasteiger partial charge in [0.1, 0.15) is 18.3 Å². The molecule has 2 atom stereocenters. The van der Waals surface area contributed by atoms with Crippen molar-refractivity contribution in [2.75, 3.05) is 0 Å². The van der Waals surface area contributed by atoms with E-state index in [9.17, 15) is 22.8 Å². The van der Waals surface area contributed by atoms with Gasteiger partial charge in [0.05, 0.1) is 0 Å². The van der Waals surface area contributed by atoms with Crippen LogP contribution in [0.5, 0.6) is 0 Å². The van der Waals surface area contributed by atoms with Crippen LogP contribution in [0.2, 0.25) is 0 Å². The fourth-order valence-corrected chi connectivity index (χ4v) is 1.85. The number of carbonyl (C=O) groups excluding carboxylic acids is 1. The average molecular weight is 306 g/mol. The summed E-state index contributed by atoms with van der Waals surface area (Å²) in [5, 5.41) is 11.3. The highest BCUT2D eigenvalue weighted by Gasteiger charge is 2.31. The molecule has 1 rings (SSSR count). The number of halogens is 3. The largest absolute Gasteiger partial charge is 0.480 e. The molecule has 0 aliphatic heterocycles. The predicted octanol–water partition coefficient (Wildman–Crippen LogP) is 2.28. The van der Waals surface area contributed by atoms with Gasteiger partial charge in [0.15, 0.2) is 0 Å². The number of nitrogens with zero attached hydrogens (tertiary/aromatic N) is 1. The van der Waals surface area contributed by atoms with Gasteiger partial charge < -0.3 is 15.0 Å². The normalized spacial score (nSPS) is 14.5. The number of carbonyl (C=O) groups is 2. The maximum Gasteiger partial charge on any atom is 0.406 e. The van der Waals surface area contributed by atoms with Crippen molar-refractivity contribution < 1.29 is 27.9 Å². The molecule has 0 bridgehead atoms. The maximum atomic E-state index is 12.4. The number of alkyl halides is 3. The first-order valence-corrected chi connectivity index (χ1v) is 6.41. The topological polar surface area (TPSA) is 71.3 Å². The molecular formula is C13H17F3N2O3. The molecule has 0 saturated carbocycles. The van der Waals surface area contributed by atoms with Crippen molar-refractivity contribution in [2.24, 2.45) is 5.92 Å². The number of amides is 1. The number of aliphatic carboxylic acids is 1. The predicted molar refractivity (Wildman–Crippen MR) is 68.8 cm³/mol. The van der Waals surface area contributed by atoms with Crippen molar-refractivity contribution in [1.29, 1.82) is 0 Å². The van der Waals surface area contributed by atoms with Gasteiger partial charge in [-0.2, -0.15) is 13.2 Å². The smallest absolute Gasteiger partial charge is 0.406 e. The Labute approximate surface area is 119 Å². The van der Waals surface area contributed by atoms with E-state index in [1.165, 1.54) is 12.1 Å². The number of nitrogens with one attached hydrogen (secondary N) is 1. The molecule has 0 aromatic carbocycles. The van der Waals surface area contributed by atoms with Crippen LogP contribution in [0.1, 0.15) is 30.8 Å². The second-order valence-corrected chi connectivity index (χ2v) is 4.81. The first kappa shape index (κ1) is 17.1. The summed E-state index contributed by atoms with van der Waals surface area (Å²) >= 11 is 0. The minimum absolute atomic E-state index is 0.220. The van der Waals surface area contributed by atoms with Gasteiger partial charge in [-0.3, -0.25) is 4.79 Å². The standard InChI is InChI=1S/C13H17F3N2O3/c1-3-8(2)10(12(20)21)17-11(19)9-5-4-6-18(9)7-13(14,15)16/h4-6,8,10H,3,7H2,1-2H3,(H,17,19)(H,20,21)/t8?,10-/m0/s1. The molecule has 0 fully saturated rings. The van der Waals surface area contributed by atoms with Crippen LogP contribution >= 0.6 is 0 Å². The van der Waals surface area contributed by atoms with Crippen LogP contribution in [0.4, 0.5) is 13.2 Å². The molecule has 8 heteroatoms. The van der Waals surface area contributed by atoms with E-state index in [4.69, 9.17) is 5.11 Å². The molecule has 0 aliphatic rings. The molecule has 2 N–H and O–H groups in total. The van der Waals surface area contributed by atoms with Crippen molar-refractivity contribution in [1.82, 2.24) is 9.88 Å². The van der Waals surface area contributed by atoms with Crippen molar-refractivity contribution in [3.63, 3.8) is 0 Å². The van der Waals surface area contributed by atoms with Crippen molar-refractivity contribution in [3.05, 3.63) is 24.0 Å². The molecule has 1 aromatic heterocycles. The van der Waals surface area contributed by atoms with Gasteiger partial charge in [-0.1, -0.05) is 20.3 Å². The van der Waals surface area contributed by atoms with Gasteiger partial charge in [0.25, 0.3) is 5.91 Å². The zero-order chi connectivity index (χ0) is 16.2. The molecule has 1 amide bonds. The fourth-order valence-electron chi connectivity index (χ4n) is 1.85. The number of rotatable bonds is 6. The van der Waals surface area contributed by atoms with Crippen LogP contribution in [-0.2, 0) is 11.3 Å². The highest BCUT2D eigenvalue weighted by molar-refractivity contribution is 5.95. The summed E-state index contributed by atoms with van der Waals surface area (Å²) in [5.74, 6) is -2.39. The van der Waals surface area contributed by atoms with E-state index in [0.717, 1.165) is 10.8 Å². The second-order valence-electron chi connectivity index (χ2n) is 4.81. The van der Waals surface area contributed by atoms with Gasteiger partial charge in [0, 0.05) is 6.20 Å². The number of carboxylic acids is 1. The van der Waals surface area contributed by atoms with Crippen LogP contribution in [0.25, 0.3) is 0 Å². The molecule has 1 unspecified atom stereocenters. The summed E-state index contributed by atoms with van der Waals surface area (Å²) in [4.78, 5) is 23.1. The zero-order valence-corrected chi connectivity index (χ0v) is 11.6. The summed E-state index contributed by atoms with van der Waals surface area (Å²) < 4.78 is 37.9. The second kappa shape index (κ2) is 6.64. The third-order valence-electron chi connectivity index (χ3n) is 3.18. The minimum atomic E-state index is -4.46. The first-order chi connectivity index (χ1) is 9.65. The van der Waals surface area contributed by atoms with Crippen molar-refractivity contribution in [3.8, 4) is 0 Å². The van der Waals surface area contributed by atoms with Crippen LogP contribution in [0.15, 0.2) is 18.3 Å². The molecule has 21 heavy (non-hydrogen) atoms. The third-order valence-corrected chi connectivity index (χ3v) is 3.18. The Bertz CT molecular complexity index is 511. The summed E-state index contributed by atoms with van der Waals surface area (Å²) in [7, 11) is 0. The average Bonchev–Trinajstić information content (AvgIpc) is 2.80. The quantitative estimate of drug-likeness (QED) is 0.847.